The van der Waals surface area contributed by atoms with E-state index in [2.05, 4.69) is 19.7 Å². The first-order valence-corrected chi connectivity index (χ1v) is 8.32. The molecule has 0 aromatic heterocycles. The number of esters is 1. The highest BCUT2D eigenvalue weighted by atomic mass is 16.6. The molecule has 21 heavy (non-hydrogen) atoms. The van der Waals surface area contributed by atoms with Gasteiger partial charge in [-0.2, -0.15) is 0 Å². The van der Waals surface area contributed by atoms with Crippen LogP contribution in [0.1, 0.15) is 64.2 Å². The zero-order valence-corrected chi connectivity index (χ0v) is 13.3. The molecule has 2 nitrogen and oxygen atoms in total. The number of rotatable bonds is 12. The van der Waals surface area contributed by atoms with E-state index in [1.165, 1.54) is 25.7 Å². The Balaban J connectivity index is 2.24. The molecule has 0 aliphatic carbocycles. The number of carbonyl (C=O) groups is 1. The van der Waals surface area contributed by atoms with E-state index in [-0.39, 0.29) is 18.0 Å². The summed E-state index contributed by atoms with van der Waals surface area (Å²) in [6, 6.07) is 0. The maximum atomic E-state index is 11.7. The minimum atomic E-state index is -0.186. The van der Waals surface area contributed by atoms with E-state index in [1.807, 2.05) is 12.2 Å². The summed E-state index contributed by atoms with van der Waals surface area (Å²) in [7, 11) is 0. The zero-order chi connectivity index (χ0) is 15.5. The van der Waals surface area contributed by atoms with E-state index in [0.717, 1.165) is 38.5 Å². The van der Waals surface area contributed by atoms with Crippen molar-refractivity contribution in [2.75, 3.05) is 0 Å². The topological polar surface area (TPSA) is 26.3 Å². The number of allylic oxidation sites excluding steroid dienone is 2. The highest BCUT2D eigenvalue weighted by Crippen LogP contribution is 2.33. The molecule has 0 N–H and O–H groups in total. The molecule has 0 amide bonds. The molecule has 1 saturated heterocycles. The SMILES string of the molecule is C=CCCCCCCC[C@H]1OC(=O)C(=C)[C@H]1CCCC=C. The van der Waals surface area contributed by atoms with Gasteiger partial charge in [0.2, 0.25) is 0 Å². The molecule has 0 saturated carbocycles. The van der Waals surface area contributed by atoms with Crippen molar-refractivity contribution >= 4 is 5.97 Å². The van der Waals surface area contributed by atoms with E-state index in [0.29, 0.717) is 5.57 Å². The molecule has 2 heteroatoms. The van der Waals surface area contributed by atoms with Gasteiger partial charge in [-0.25, -0.2) is 4.79 Å². The van der Waals surface area contributed by atoms with Crippen molar-refractivity contribution in [3.8, 4) is 0 Å². The molecule has 1 fully saturated rings. The molecule has 1 aliphatic heterocycles. The van der Waals surface area contributed by atoms with Crippen molar-refractivity contribution < 1.29 is 9.53 Å². The van der Waals surface area contributed by atoms with Crippen LogP contribution in [0.25, 0.3) is 0 Å². The molecule has 0 bridgehead atoms. The van der Waals surface area contributed by atoms with Crippen molar-refractivity contribution in [3.63, 3.8) is 0 Å². The van der Waals surface area contributed by atoms with Crippen LogP contribution in [0.2, 0.25) is 0 Å². The van der Waals surface area contributed by atoms with Gasteiger partial charge in [0.05, 0.1) is 0 Å². The number of carbonyl (C=O) groups excluding carboxylic acids is 1. The summed E-state index contributed by atoms with van der Waals surface area (Å²) in [5.74, 6) is 0.0350. The smallest absolute Gasteiger partial charge is 0.334 e. The van der Waals surface area contributed by atoms with Gasteiger partial charge in [0, 0.05) is 11.5 Å². The molecule has 118 valence electrons. The van der Waals surface area contributed by atoms with Crippen molar-refractivity contribution in [3.05, 3.63) is 37.5 Å². The maximum absolute atomic E-state index is 11.7. The molecular weight excluding hydrogens is 260 g/mol. The number of unbranched alkanes of at least 4 members (excludes halogenated alkanes) is 6. The molecule has 0 radical (unpaired) electrons. The number of hydrogen-bond donors (Lipinski definition) is 0. The Bertz CT molecular complexity index is 357. The van der Waals surface area contributed by atoms with E-state index >= 15 is 0 Å². The van der Waals surface area contributed by atoms with Gasteiger partial charge in [0.25, 0.3) is 0 Å². The third kappa shape index (κ3) is 6.33. The standard InChI is InChI=1S/C19H30O2/c1-4-6-8-9-10-11-13-15-18-17(14-12-7-5-2)16(3)19(20)21-18/h4-5,17-18H,1-3,6-15H2/t17-,18-/m1/s1. The molecule has 1 aliphatic rings. The zero-order valence-electron chi connectivity index (χ0n) is 13.3. The molecule has 0 unspecified atom stereocenters. The Labute approximate surface area is 130 Å². The van der Waals surface area contributed by atoms with Gasteiger partial charge >= 0.3 is 5.97 Å². The fourth-order valence-corrected chi connectivity index (χ4v) is 2.94. The minimum absolute atomic E-state index is 0.0583. The molecule has 0 aromatic rings. The molecular formula is C19H30O2. The van der Waals surface area contributed by atoms with Gasteiger partial charge in [0.15, 0.2) is 0 Å². The molecule has 1 heterocycles. The van der Waals surface area contributed by atoms with Crippen LogP contribution in [-0.2, 0) is 9.53 Å². The van der Waals surface area contributed by atoms with Crippen LogP contribution < -0.4 is 0 Å². The quantitative estimate of drug-likeness (QED) is 0.209. The maximum Gasteiger partial charge on any atom is 0.334 e. The average molecular weight is 290 g/mol. The first kappa shape index (κ1) is 17.7. The normalized spacial score (nSPS) is 21.3. The first-order chi connectivity index (χ1) is 10.2. The summed E-state index contributed by atoms with van der Waals surface area (Å²) in [6.45, 7) is 11.4. The predicted octanol–water partition coefficient (Wildman–Crippen LogP) is 5.36. The van der Waals surface area contributed by atoms with Crippen LogP contribution >= 0.6 is 0 Å². The monoisotopic (exact) mass is 290 g/mol. The number of hydrogen-bond acceptors (Lipinski definition) is 2. The summed E-state index contributed by atoms with van der Waals surface area (Å²) in [5, 5.41) is 0. The lowest BCUT2D eigenvalue weighted by Gasteiger charge is -2.17. The second-order valence-corrected chi connectivity index (χ2v) is 5.93. The lowest BCUT2D eigenvalue weighted by Crippen LogP contribution is -2.16. The Morgan fingerprint density at radius 1 is 0.905 bits per heavy atom. The summed E-state index contributed by atoms with van der Waals surface area (Å²) in [5.41, 5.74) is 0.676. The van der Waals surface area contributed by atoms with E-state index in [9.17, 15) is 4.79 Å². The van der Waals surface area contributed by atoms with Crippen LogP contribution in [0.5, 0.6) is 0 Å². The van der Waals surface area contributed by atoms with Crippen LogP contribution in [0, 0.1) is 5.92 Å². The van der Waals surface area contributed by atoms with Gasteiger partial charge in [-0.05, 0) is 44.9 Å². The molecule has 2 atom stereocenters. The Kier molecular flexibility index (Phi) is 8.80. The van der Waals surface area contributed by atoms with Gasteiger partial charge in [-0.15, -0.1) is 13.2 Å². The third-order valence-electron chi connectivity index (χ3n) is 4.24. The average Bonchev–Trinajstić information content (AvgIpc) is 2.74. The fourth-order valence-electron chi connectivity index (χ4n) is 2.94. The van der Waals surface area contributed by atoms with Crippen molar-refractivity contribution in [1.82, 2.24) is 0 Å². The molecule has 1 rings (SSSR count). The minimum Gasteiger partial charge on any atom is -0.458 e. The van der Waals surface area contributed by atoms with Crippen LogP contribution in [0.4, 0.5) is 0 Å². The first-order valence-electron chi connectivity index (χ1n) is 8.32. The van der Waals surface area contributed by atoms with E-state index < -0.39 is 0 Å². The molecule has 0 spiro atoms. The van der Waals surface area contributed by atoms with Crippen molar-refractivity contribution in [2.24, 2.45) is 5.92 Å². The lowest BCUT2D eigenvalue weighted by atomic mass is 9.89. The van der Waals surface area contributed by atoms with Crippen LogP contribution in [-0.4, -0.2) is 12.1 Å². The summed E-state index contributed by atoms with van der Waals surface area (Å²) in [4.78, 5) is 11.7. The highest BCUT2D eigenvalue weighted by Gasteiger charge is 2.37. The van der Waals surface area contributed by atoms with Gasteiger partial charge in [-0.1, -0.05) is 38.0 Å². The fraction of sp³-hybridized carbons (Fsp3) is 0.632. The largest absolute Gasteiger partial charge is 0.458 e. The second-order valence-electron chi connectivity index (χ2n) is 5.93. The predicted molar refractivity (Wildman–Crippen MR) is 89.1 cm³/mol. The number of cyclic esters (lactones) is 1. The van der Waals surface area contributed by atoms with Gasteiger partial charge in [-0.3, -0.25) is 0 Å². The van der Waals surface area contributed by atoms with E-state index in [4.69, 9.17) is 4.74 Å². The Morgan fingerprint density at radius 2 is 1.52 bits per heavy atom. The highest BCUT2D eigenvalue weighted by molar-refractivity contribution is 5.90. The molecule has 0 aromatic carbocycles. The summed E-state index contributed by atoms with van der Waals surface area (Å²) < 4.78 is 5.48. The third-order valence-corrected chi connectivity index (χ3v) is 4.24. The lowest BCUT2D eigenvalue weighted by molar-refractivity contribution is -0.139. The van der Waals surface area contributed by atoms with Gasteiger partial charge in [0.1, 0.15) is 6.10 Å². The van der Waals surface area contributed by atoms with E-state index in [1.54, 1.807) is 0 Å². The summed E-state index contributed by atoms with van der Waals surface area (Å²) in [6.07, 6.45) is 15.2. The second kappa shape index (κ2) is 10.4. The van der Waals surface area contributed by atoms with Crippen molar-refractivity contribution in [1.29, 1.82) is 0 Å². The van der Waals surface area contributed by atoms with Crippen LogP contribution in [0.15, 0.2) is 37.5 Å². The Hall–Kier alpha value is -1.31. The Morgan fingerprint density at radius 3 is 2.24 bits per heavy atom. The van der Waals surface area contributed by atoms with Crippen LogP contribution in [0.3, 0.4) is 0 Å². The van der Waals surface area contributed by atoms with Crippen molar-refractivity contribution in [2.45, 2.75) is 70.3 Å². The summed E-state index contributed by atoms with van der Waals surface area (Å²) >= 11 is 0. The number of ether oxygens (including phenoxy) is 1. The van der Waals surface area contributed by atoms with Gasteiger partial charge < -0.3 is 4.74 Å².